The van der Waals surface area contributed by atoms with Gasteiger partial charge < -0.3 is 14.7 Å². The maximum atomic E-state index is 12.7. The molecule has 0 radical (unpaired) electrons. The number of nitrogens with zero attached hydrogens (tertiary/aromatic N) is 3. The molecule has 1 aliphatic heterocycles. The van der Waals surface area contributed by atoms with E-state index >= 15 is 0 Å². The van der Waals surface area contributed by atoms with Crippen LogP contribution in [0, 0.1) is 13.8 Å². The molecule has 1 aromatic heterocycles. The minimum atomic E-state index is -0.125. The lowest BCUT2D eigenvalue weighted by Crippen LogP contribution is -2.38. The molecule has 6 heteroatoms. The summed E-state index contributed by atoms with van der Waals surface area (Å²) < 4.78 is 5.10. The van der Waals surface area contributed by atoms with Gasteiger partial charge in [-0.05, 0) is 31.9 Å². The first-order valence-corrected chi connectivity index (χ1v) is 8.08. The molecule has 2 heterocycles. The smallest absolute Gasteiger partial charge is 0.322 e. The normalized spacial score (nSPS) is 18.5. The van der Waals surface area contributed by atoms with Gasteiger partial charge >= 0.3 is 6.03 Å². The van der Waals surface area contributed by atoms with Gasteiger partial charge in [-0.2, -0.15) is 4.98 Å². The van der Waals surface area contributed by atoms with Crippen LogP contribution < -0.4 is 5.32 Å². The van der Waals surface area contributed by atoms with Gasteiger partial charge in [-0.25, -0.2) is 4.79 Å². The first-order chi connectivity index (χ1) is 11.1. The predicted octanol–water partition coefficient (Wildman–Crippen LogP) is 3.84. The third-order valence-electron chi connectivity index (χ3n) is 4.16. The van der Waals surface area contributed by atoms with Crippen LogP contribution in [0.15, 0.2) is 28.8 Å². The molecule has 2 aromatic rings. The lowest BCUT2D eigenvalue weighted by Gasteiger charge is -2.28. The molecule has 0 bridgehead atoms. The maximum absolute atomic E-state index is 12.7. The van der Waals surface area contributed by atoms with Gasteiger partial charge in [0.1, 0.15) is 0 Å². The molecule has 1 fully saturated rings. The van der Waals surface area contributed by atoms with Crippen LogP contribution in [-0.4, -0.2) is 27.6 Å². The second-order valence-electron chi connectivity index (χ2n) is 6.03. The van der Waals surface area contributed by atoms with Crippen LogP contribution in [0.4, 0.5) is 10.5 Å². The zero-order valence-corrected chi connectivity index (χ0v) is 13.6. The van der Waals surface area contributed by atoms with Crippen molar-refractivity contribution in [1.29, 1.82) is 0 Å². The molecule has 1 aliphatic rings. The van der Waals surface area contributed by atoms with Gasteiger partial charge in [0, 0.05) is 19.2 Å². The van der Waals surface area contributed by atoms with Crippen molar-refractivity contribution in [2.24, 2.45) is 0 Å². The van der Waals surface area contributed by atoms with Crippen molar-refractivity contribution in [2.75, 3.05) is 11.9 Å². The van der Waals surface area contributed by atoms with Crippen molar-refractivity contribution < 1.29 is 9.32 Å². The fourth-order valence-corrected chi connectivity index (χ4v) is 2.90. The number of carbonyl (C=O) groups is 1. The zero-order chi connectivity index (χ0) is 16.2. The van der Waals surface area contributed by atoms with Crippen molar-refractivity contribution in [2.45, 2.75) is 45.6 Å². The Morgan fingerprint density at radius 2 is 2.00 bits per heavy atom. The first-order valence-electron chi connectivity index (χ1n) is 8.08. The summed E-state index contributed by atoms with van der Waals surface area (Å²) in [6.45, 7) is 4.49. The fraction of sp³-hybridized carbons (Fsp3) is 0.471. The topological polar surface area (TPSA) is 71.3 Å². The second-order valence-corrected chi connectivity index (χ2v) is 6.03. The Balaban J connectivity index is 1.78. The van der Waals surface area contributed by atoms with Crippen molar-refractivity contribution in [3.8, 4) is 0 Å². The fourth-order valence-electron chi connectivity index (χ4n) is 2.90. The third-order valence-corrected chi connectivity index (χ3v) is 4.16. The van der Waals surface area contributed by atoms with E-state index in [0.717, 1.165) is 36.9 Å². The molecule has 122 valence electrons. The molecule has 3 rings (SSSR count). The van der Waals surface area contributed by atoms with Gasteiger partial charge in [-0.1, -0.05) is 35.7 Å². The summed E-state index contributed by atoms with van der Waals surface area (Å²) in [4.78, 5) is 18.9. The maximum Gasteiger partial charge on any atom is 0.322 e. The van der Waals surface area contributed by atoms with Gasteiger partial charge in [0.25, 0.3) is 0 Å². The van der Waals surface area contributed by atoms with E-state index in [0.29, 0.717) is 18.3 Å². The molecule has 0 aliphatic carbocycles. The number of nitrogens with one attached hydrogen (secondary N) is 1. The highest BCUT2D eigenvalue weighted by Gasteiger charge is 2.30. The number of hydrogen-bond donors (Lipinski definition) is 1. The molecule has 1 aromatic carbocycles. The average molecular weight is 314 g/mol. The molecule has 1 saturated heterocycles. The standard InChI is InChI=1S/C17H22N4O2/c1-12-7-9-14(10-8-12)19-17(22)21-11-5-3-4-6-15(21)16-18-13(2)23-20-16/h7-10,15H,3-6,11H2,1-2H3,(H,19,22). The van der Waals surface area contributed by atoms with E-state index in [1.807, 2.05) is 36.1 Å². The van der Waals surface area contributed by atoms with Crippen LogP contribution in [0.5, 0.6) is 0 Å². The van der Waals surface area contributed by atoms with Crippen LogP contribution in [0.3, 0.4) is 0 Å². The molecular weight excluding hydrogens is 292 g/mol. The number of likely N-dealkylation sites (tertiary alicyclic amines) is 1. The Hall–Kier alpha value is -2.37. The van der Waals surface area contributed by atoms with Crippen molar-refractivity contribution >= 4 is 11.7 Å². The Morgan fingerprint density at radius 3 is 2.70 bits per heavy atom. The minimum Gasteiger partial charge on any atom is -0.340 e. The van der Waals surface area contributed by atoms with E-state index in [1.54, 1.807) is 6.92 Å². The minimum absolute atomic E-state index is 0.108. The highest BCUT2D eigenvalue weighted by Crippen LogP contribution is 2.29. The molecular formula is C17H22N4O2. The Labute approximate surface area is 135 Å². The molecule has 0 spiro atoms. The van der Waals surface area contributed by atoms with E-state index in [-0.39, 0.29) is 12.1 Å². The van der Waals surface area contributed by atoms with Crippen molar-refractivity contribution in [1.82, 2.24) is 15.0 Å². The summed E-state index contributed by atoms with van der Waals surface area (Å²) in [5.74, 6) is 1.13. The number of rotatable bonds is 2. The number of urea groups is 1. The van der Waals surface area contributed by atoms with E-state index in [4.69, 9.17) is 4.52 Å². The molecule has 6 nitrogen and oxygen atoms in total. The Morgan fingerprint density at radius 1 is 1.22 bits per heavy atom. The summed E-state index contributed by atoms with van der Waals surface area (Å²) in [5, 5.41) is 7.00. The quantitative estimate of drug-likeness (QED) is 0.914. The summed E-state index contributed by atoms with van der Waals surface area (Å²) in [7, 11) is 0. The van der Waals surface area contributed by atoms with Gasteiger partial charge in [0.15, 0.2) is 5.82 Å². The summed E-state index contributed by atoms with van der Waals surface area (Å²) in [6, 6.07) is 7.57. The molecule has 1 N–H and O–H groups in total. The van der Waals surface area contributed by atoms with Crippen LogP contribution >= 0.6 is 0 Å². The van der Waals surface area contributed by atoms with Crippen molar-refractivity contribution in [3.05, 3.63) is 41.5 Å². The van der Waals surface area contributed by atoms with E-state index < -0.39 is 0 Å². The summed E-state index contributed by atoms with van der Waals surface area (Å²) in [6.07, 6.45) is 4.03. The number of benzene rings is 1. The SMILES string of the molecule is Cc1ccc(NC(=O)N2CCCCCC2c2noc(C)n2)cc1. The van der Waals surface area contributed by atoms with Crippen LogP contribution in [0.1, 0.15) is 49.0 Å². The van der Waals surface area contributed by atoms with E-state index in [1.165, 1.54) is 0 Å². The van der Waals surface area contributed by atoms with Gasteiger partial charge in [-0.3, -0.25) is 0 Å². The Kier molecular flexibility index (Phi) is 4.60. The highest BCUT2D eigenvalue weighted by molar-refractivity contribution is 5.89. The van der Waals surface area contributed by atoms with Crippen LogP contribution in [0.25, 0.3) is 0 Å². The van der Waals surface area contributed by atoms with E-state index in [9.17, 15) is 4.79 Å². The number of carbonyl (C=O) groups excluding carboxylic acids is 1. The predicted molar refractivity (Wildman–Crippen MR) is 87.1 cm³/mol. The lowest BCUT2D eigenvalue weighted by molar-refractivity contribution is 0.184. The third kappa shape index (κ3) is 3.70. The average Bonchev–Trinajstić information content (AvgIpc) is 2.82. The zero-order valence-electron chi connectivity index (χ0n) is 13.6. The number of aryl methyl sites for hydroxylation is 2. The molecule has 1 unspecified atom stereocenters. The number of aromatic nitrogens is 2. The number of anilines is 1. The lowest BCUT2D eigenvalue weighted by atomic mass is 10.1. The summed E-state index contributed by atoms with van der Waals surface area (Å²) in [5.41, 5.74) is 1.96. The van der Waals surface area contributed by atoms with E-state index in [2.05, 4.69) is 15.5 Å². The summed E-state index contributed by atoms with van der Waals surface area (Å²) >= 11 is 0. The second kappa shape index (κ2) is 6.81. The Bertz CT molecular complexity index is 665. The molecule has 0 saturated carbocycles. The largest absolute Gasteiger partial charge is 0.340 e. The van der Waals surface area contributed by atoms with Gasteiger partial charge in [0.05, 0.1) is 6.04 Å². The van der Waals surface area contributed by atoms with Gasteiger partial charge in [0.2, 0.25) is 5.89 Å². The molecule has 2 amide bonds. The molecule has 23 heavy (non-hydrogen) atoms. The monoisotopic (exact) mass is 314 g/mol. The molecule has 1 atom stereocenters. The number of amides is 2. The van der Waals surface area contributed by atoms with Crippen LogP contribution in [-0.2, 0) is 0 Å². The van der Waals surface area contributed by atoms with Gasteiger partial charge in [-0.15, -0.1) is 0 Å². The number of hydrogen-bond acceptors (Lipinski definition) is 4. The van der Waals surface area contributed by atoms with Crippen LogP contribution in [0.2, 0.25) is 0 Å². The highest BCUT2D eigenvalue weighted by atomic mass is 16.5. The van der Waals surface area contributed by atoms with Crippen molar-refractivity contribution in [3.63, 3.8) is 0 Å². The first kappa shape index (κ1) is 15.5.